The molecule has 0 unspecified atom stereocenters. The molecular weight excluding hydrogens is 238 g/mol. The van der Waals surface area contributed by atoms with E-state index in [0.29, 0.717) is 18.7 Å². The van der Waals surface area contributed by atoms with Gasteiger partial charge in [-0.15, -0.1) is 0 Å². The minimum Gasteiger partial charge on any atom is -0.267 e. The first-order valence-corrected chi connectivity index (χ1v) is 6.28. The molecule has 1 aliphatic heterocycles. The molecule has 0 aromatic heterocycles. The first-order chi connectivity index (χ1) is 9.31. The van der Waals surface area contributed by atoms with Gasteiger partial charge in [-0.2, -0.15) is 5.26 Å². The minimum atomic E-state index is -0.101. The summed E-state index contributed by atoms with van der Waals surface area (Å²) in [7, 11) is 0. The number of nitriles is 1. The molecule has 2 aromatic carbocycles. The Labute approximate surface area is 111 Å². The van der Waals surface area contributed by atoms with Crippen LogP contribution in [-0.4, -0.2) is 29.0 Å². The Kier molecular flexibility index (Phi) is 2.81. The molecule has 4 nitrogen and oxygen atoms in total. The maximum Gasteiger partial charge on any atom is 0.273 e. The van der Waals surface area contributed by atoms with Crippen molar-refractivity contribution in [3.63, 3.8) is 0 Å². The third-order valence-corrected chi connectivity index (χ3v) is 3.40. The van der Waals surface area contributed by atoms with E-state index in [9.17, 15) is 4.79 Å². The first kappa shape index (κ1) is 11.5. The van der Waals surface area contributed by atoms with Gasteiger partial charge in [-0.05, 0) is 23.3 Å². The van der Waals surface area contributed by atoms with Crippen LogP contribution in [0.5, 0.6) is 0 Å². The molecule has 2 aromatic rings. The van der Waals surface area contributed by atoms with Crippen LogP contribution in [0.2, 0.25) is 0 Å². The third kappa shape index (κ3) is 1.89. The topological polar surface area (TPSA) is 47.3 Å². The van der Waals surface area contributed by atoms with Gasteiger partial charge in [-0.1, -0.05) is 36.4 Å². The predicted molar refractivity (Wildman–Crippen MR) is 71.9 cm³/mol. The van der Waals surface area contributed by atoms with E-state index in [1.165, 1.54) is 10.0 Å². The molecule has 1 amide bonds. The number of fused-ring (bicyclic) bond motifs is 1. The second kappa shape index (κ2) is 4.62. The van der Waals surface area contributed by atoms with Gasteiger partial charge < -0.3 is 0 Å². The zero-order valence-corrected chi connectivity index (χ0v) is 10.4. The number of rotatable bonds is 1. The lowest BCUT2D eigenvalue weighted by atomic mass is 10.0. The quantitative estimate of drug-likeness (QED) is 0.731. The lowest BCUT2D eigenvalue weighted by Gasteiger charge is -2.23. The fourth-order valence-electron chi connectivity index (χ4n) is 2.48. The molecule has 94 valence electrons. The zero-order valence-electron chi connectivity index (χ0n) is 10.4. The average Bonchev–Trinajstić information content (AvgIpc) is 2.94. The first-order valence-electron chi connectivity index (χ1n) is 6.28. The minimum absolute atomic E-state index is 0.101. The van der Waals surface area contributed by atoms with Crippen LogP contribution in [-0.2, 0) is 0 Å². The molecule has 1 fully saturated rings. The smallest absolute Gasteiger partial charge is 0.267 e. The Bertz CT molecular complexity index is 669. The summed E-state index contributed by atoms with van der Waals surface area (Å²) in [6.07, 6.45) is 2.89. The molecule has 0 saturated carbocycles. The van der Waals surface area contributed by atoms with E-state index in [4.69, 9.17) is 5.26 Å². The van der Waals surface area contributed by atoms with Crippen molar-refractivity contribution in [1.29, 1.82) is 5.26 Å². The van der Waals surface area contributed by atoms with Crippen molar-refractivity contribution in [3.8, 4) is 6.19 Å². The number of carbonyl (C=O) groups excluding carboxylic acids is 1. The average molecular weight is 251 g/mol. The number of amides is 1. The maximum atomic E-state index is 12.6. The lowest BCUT2D eigenvalue weighted by molar-refractivity contribution is 0.0455. The summed E-state index contributed by atoms with van der Waals surface area (Å²) in [6.45, 7) is 1.22. The second-order valence-electron chi connectivity index (χ2n) is 4.53. The Hall–Kier alpha value is -2.54. The lowest BCUT2D eigenvalue weighted by Crippen LogP contribution is -2.38. The summed E-state index contributed by atoms with van der Waals surface area (Å²) in [5, 5.41) is 14.0. The summed E-state index contributed by atoms with van der Waals surface area (Å²) in [6, 6.07) is 13.5. The molecule has 1 heterocycles. The molecule has 0 radical (unpaired) electrons. The highest BCUT2D eigenvalue weighted by Gasteiger charge is 2.27. The van der Waals surface area contributed by atoms with Crippen molar-refractivity contribution in [2.45, 2.75) is 6.42 Å². The fourth-order valence-corrected chi connectivity index (χ4v) is 2.48. The van der Waals surface area contributed by atoms with Crippen LogP contribution >= 0.6 is 0 Å². The van der Waals surface area contributed by atoms with E-state index in [-0.39, 0.29) is 5.91 Å². The Morgan fingerprint density at radius 3 is 2.74 bits per heavy atom. The van der Waals surface area contributed by atoms with Crippen LogP contribution in [0.15, 0.2) is 42.5 Å². The monoisotopic (exact) mass is 251 g/mol. The van der Waals surface area contributed by atoms with Crippen LogP contribution in [0.25, 0.3) is 10.8 Å². The molecular formula is C15H13N3O. The van der Waals surface area contributed by atoms with Gasteiger partial charge >= 0.3 is 0 Å². The largest absolute Gasteiger partial charge is 0.273 e. The van der Waals surface area contributed by atoms with Crippen LogP contribution < -0.4 is 0 Å². The highest BCUT2D eigenvalue weighted by atomic mass is 16.2. The number of benzene rings is 2. The molecule has 19 heavy (non-hydrogen) atoms. The molecule has 0 atom stereocenters. The van der Waals surface area contributed by atoms with Crippen molar-refractivity contribution >= 4 is 16.7 Å². The summed E-state index contributed by atoms with van der Waals surface area (Å²) in [5.74, 6) is -0.101. The van der Waals surface area contributed by atoms with Gasteiger partial charge in [0.1, 0.15) is 0 Å². The van der Waals surface area contributed by atoms with Gasteiger partial charge in [-0.3, -0.25) is 4.79 Å². The van der Waals surface area contributed by atoms with E-state index in [0.717, 1.165) is 17.2 Å². The number of hydrazine groups is 1. The Balaban J connectivity index is 2.05. The standard InChI is InChI=1S/C15H13N3O/c16-11-17-9-4-10-18(17)15(19)14-8-3-6-12-5-1-2-7-13(12)14/h1-3,5-8H,4,9-10H2. The number of carbonyl (C=O) groups is 1. The normalized spacial score (nSPS) is 14.7. The van der Waals surface area contributed by atoms with Crippen molar-refractivity contribution < 1.29 is 4.79 Å². The summed E-state index contributed by atoms with van der Waals surface area (Å²) in [4.78, 5) is 12.6. The van der Waals surface area contributed by atoms with Crippen LogP contribution in [0.4, 0.5) is 0 Å². The Morgan fingerprint density at radius 1 is 1.11 bits per heavy atom. The highest BCUT2D eigenvalue weighted by molar-refractivity contribution is 6.06. The second-order valence-corrected chi connectivity index (χ2v) is 4.53. The number of hydrogen-bond donors (Lipinski definition) is 0. The molecule has 0 N–H and O–H groups in total. The van der Waals surface area contributed by atoms with Gasteiger partial charge in [0.25, 0.3) is 5.91 Å². The Morgan fingerprint density at radius 2 is 1.89 bits per heavy atom. The van der Waals surface area contributed by atoms with E-state index in [1.54, 1.807) is 0 Å². The SMILES string of the molecule is N#CN1CCCN1C(=O)c1cccc2ccccc12. The third-order valence-electron chi connectivity index (χ3n) is 3.40. The van der Waals surface area contributed by atoms with Gasteiger partial charge in [-0.25, -0.2) is 10.0 Å². The van der Waals surface area contributed by atoms with Crippen molar-refractivity contribution in [1.82, 2.24) is 10.0 Å². The van der Waals surface area contributed by atoms with Gasteiger partial charge in [0.15, 0.2) is 6.19 Å². The van der Waals surface area contributed by atoms with Gasteiger partial charge in [0.2, 0.25) is 0 Å². The molecule has 3 rings (SSSR count). The summed E-state index contributed by atoms with van der Waals surface area (Å²) in [5.41, 5.74) is 0.653. The van der Waals surface area contributed by atoms with Crippen molar-refractivity contribution in [3.05, 3.63) is 48.0 Å². The van der Waals surface area contributed by atoms with Crippen LogP contribution in [0.3, 0.4) is 0 Å². The molecule has 4 heteroatoms. The van der Waals surface area contributed by atoms with Crippen LogP contribution in [0.1, 0.15) is 16.8 Å². The van der Waals surface area contributed by atoms with Gasteiger partial charge in [0, 0.05) is 12.1 Å². The zero-order chi connectivity index (χ0) is 13.2. The summed E-state index contributed by atoms with van der Waals surface area (Å²) < 4.78 is 0. The molecule has 1 saturated heterocycles. The van der Waals surface area contributed by atoms with Crippen molar-refractivity contribution in [2.24, 2.45) is 0 Å². The van der Waals surface area contributed by atoms with E-state index < -0.39 is 0 Å². The van der Waals surface area contributed by atoms with E-state index in [1.807, 2.05) is 42.5 Å². The van der Waals surface area contributed by atoms with E-state index >= 15 is 0 Å². The molecule has 0 spiro atoms. The maximum absolute atomic E-state index is 12.6. The number of nitrogens with zero attached hydrogens (tertiary/aromatic N) is 3. The molecule has 0 aliphatic carbocycles. The highest BCUT2D eigenvalue weighted by Crippen LogP contribution is 2.22. The molecule has 0 bridgehead atoms. The summed E-state index contributed by atoms with van der Waals surface area (Å²) >= 11 is 0. The number of hydrogen-bond acceptors (Lipinski definition) is 3. The van der Waals surface area contributed by atoms with Gasteiger partial charge in [0.05, 0.1) is 6.54 Å². The fraction of sp³-hybridized carbons (Fsp3) is 0.200. The van der Waals surface area contributed by atoms with E-state index in [2.05, 4.69) is 6.19 Å². The van der Waals surface area contributed by atoms with Crippen molar-refractivity contribution in [2.75, 3.05) is 13.1 Å². The van der Waals surface area contributed by atoms with Crippen LogP contribution in [0, 0.1) is 11.5 Å². The molecule has 1 aliphatic rings. The predicted octanol–water partition coefficient (Wildman–Crippen LogP) is 2.38.